The highest BCUT2D eigenvalue weighted by Crippen LogP contribution is 2.30. The topological polar surface area (TPSA) is 8.17 Å². The summed E-state index contributed by atoms with van der Waals surface area (Å²) in [6, 6.07) is 17.7. The Hall–Kier alpha value is -1.80. The summed E-state index contributed by atoms with van der Waals surface area (Å²) >= 11 is 0. The summed E-state index contributed by atoms with van der Waals surface area (Å²) in [7, 11) is 2.23. The number of hydrogen-bond acceptors (Lipinski definition) is 1. The van der Waals surface area contributed by atoms with E-state index in [1.54, 1.807) is 0 Å². The van der Waals surface area contributed by atoms with Crippen molar-refractivity contribution in [2.24, 2.45) is 5.92 Å². The molecule has 2 aromatic carbocycles. The Labute approximate surface area is 126 Å². The minimum absolute atomic E-state index is 0.806. The fraction of sp³-hybridized carbons (Fsp3) is 0.368. The Morgan fingerprint density at radius 3 is 1.95 bits per heavy atom. The van der Waals surface area contributed by atoms with E-state index in [2.05, 4.69) is 65.0 Å². The number of hydrogen-bond donors (Lipinski definition) is 0. The van der Waals surface area contributed by atoms with Crippen LogP contribution in [0.25, 0.3) is 21.8 Å². The Morgan fingerprint density at radius 1 is 0.857 bits per heavy atom. The number of para-hydroxylation sites is 2. The maximum atomic E-state index is 2.54. The van der Waals surface area contributed by atoms with Crippen LogP contribution in [-0.2, 0) is 6.54 Å². The van der Waals surface area contributed by atoms with Crippen LogP contribution >= 0.6 is 0 Å². The predicted octanol–water partition coefficient (Wildman–Crippen LogP) is 4.14. The summed E-state index contributed by atoms with van der Waals surface area (Å²) < 4.78 is 2.54. The molecule has 0 N–H and O–H groups in total. The molecule has 0 atom stereocenters. The van der Waals surface area contributed by atoms with E-state index in [4.69, 9.17) is 0 Å². The van der Waals surface area contributed by atoms with Crippen LogP contribution in [0.2, 0.25) is 0 Å². The van der Waals surface area contributed by atoms with Gasteiger partial charge in [-0.2, -0.15) is 0 Å². The Kier molecular flexibility index (Phi) is 3.19. The predicted molar refractivity (Wildman–Crippen MR) is 89.7 cm³/mol. The molecular formula is C19H22N2. The Bertz CT molecular complexity index is 710. The summed E-state index contributed by atoms with van der Waals surface area (Å²) in [5.74, 6) is 0.806. The van der Waals surface area contributed by atoms with Crippen molar-refractivity contribution in [3.8, 4) is 0 Å². The van der Waals surface area contributed by atoms with Crippen molar-refractivity contribution in [1.82, 2.24) is 9.47 Å². The summed E-state index contributed by atoms with van der Waals surface area (Å²) in [5, 5.41) is 2.78. The third kappa shape index (κ3) is 2.24. The molecule has 0 amide bonds. The minimum atomic E-state index is 0.806. The summed E-state index contributed by atoms with van der Waals surface area (Å²) in [6.45, 7) is 3.63. The van der Waals surface area contributed by atoms with Crippen molar-refractivity contribution >= 4 is 21.8 Å². The third-order valence-corrected chi connectivity index (χ3v) is 4.96. The lowest BCUT2D eigenvalue weighted by atomic mass is 9.97. The van der Waals surface area contributed by atoms with Crippen LogP contribution in [0.5, 0.6) is 0 Å². The first-order valence-electron chi connectivity index (χ1n) is 7.97. The highest BCUT2D eigenvalue weighted by molar-refractivity contribution is 6.07. The number of piperidine rings is 1. The second-order valence-corrected chi connectivity index (χ2v) is 6.39. The maximum absolute atomic E-state index is 2.54. The smallest absolute Gasteiger partial charge is 0.0491 e. The number of likely N-dealkylation sites (tertiary alicyclic amines) is 1. The fourth-order valence-corrected chi connectivity index (χ4v) is 3.70. The van der Waals surface area contributed by atoms with Crippen molar-refractivity contribution in [2.75, 3.05) is 20.1 Å². The maximum Gasteiger partial charge on any atom is 0.0491 e. The van der Waals surface area contributed by atoms with E-state index >= 15 is 0 Å². The number of benzene rings is 2. The molecule has 0 radical (unpaired) electrons. The van der Waals surface area contributed by atoms with Gasteiger partial charge in [0.05, 0.1) is 0 Å². The van der Waals surface area contributed by atoms with E-state index in [9.17, 15) is 0 Å². The lowest BCUT2D eigenvalue weighted by Crippen LogP contribution is -2.31. The van der Waals surface area contributed by atoms with Crippen LogP contribution in [0.1, 0.15) is 12.8 Å². The molecule has 1 aliphatic heterocycles. The average molecular weight is 278 g/mol. The summed E-state index contributed by atoms with van der Waals surface area (Å²) in [4.78, 5) is 2.45. The van der Waals surface area contributed by atoms with Crippen LogP contribution in [0, 0.1) is 5.92 Å². The molecule has 1 aliphatic rings. The van der Waals surface area contributed by atoms with Crippen LogP contribution in [0.15, 0.2) is 48.5 Å². The van der Waals surface area contributed by atoms with Crippen LogP contribution in [-0.4, -0.2) is 29.6 Å². The molecule has 0 bridgehead atoms. The molecule has 3 aromatic rings. The first-order valence-corrected chi connectivity index (χ1v) is 7.97. The molecule has 1 saturated heterocycles. The molecule has 0 aliphatic carbocycles. The van der Waals surface area contributed by atoms with E-state index in [0.29, 0.717) is 0 Å². The first kappa shape index (κ1) is 12.9. The van der Waals surface area contributed by atoms with Gasteiger partial charge in [-0.05, 0) is 51.0 Å². The minimum Gasteiger partial charge on any atom is -0.340 e. The molecule has 1 fully saturated rings. The van der Waals surface area contributed by atoms with Crippen LogP contribution < -0.4 is 0 Å². The molecule has 0 spiro atoms. The fourth-order valence-electron chi connectivity index (χ4n) is 3.70. The van der Waals surface area contributed by atoms with Crippen molar-refractivity contribution in [3.05, 3.63) is 48.5 Å². The average Bonchev–Trinajstić information content (AvgIpc) is 2.85. The van der Waals surface area contributed by atoms with E-state index in [0.717, 1.165) is 12.5 Å². The van der Waals surface area contributed by atoms with Gasteiger partial charge in [-0.3, -0.25) is 0 Å². The van der Waals surface area contributed by atoms with Gasteiger partial charge in [0.25, 0.3) is 0 Å². The van der Waals surface area contributed by atoms with Crippen molar-refractivity contribution in [2.45, 2.75) is 19.4 Å². The van der Waals surface area contributed by atoms with E-state index in [1.807, 2.05) is 0 Å². The SMILES string of the molecule is CN1CCC(Cn2c3ccccc3c3ccccc32)CC1. The number of fused-ring (bicyclic) bond motifs is 3. The van der Waals surface area contributed by atoms with Crippen molar-refractivity contribution < 1.29 is 0 Å². The zero-order valence-corrected chi connectivity index (χ0v) is 12.6. The Morgan fingerprint density at radius 2 is 1.38 bits per heavy atom. The molecule has 2 heterocycles. The zero-order valence-electron chi connectivity index (χ0n) is 12.6. The summed E-state index contributed by atoms with van der Waals surface area (Å²) in [5.41, 5.74) is 2.77. The molecule has 1 aromatic heterocycles. The van der Waals surface area contributed by atoms with Gasteiger partial charge in [0.1, 0.15) is 0 Å². The standard InChI is InChI=1S/C19H22N2/c1-20-12-10-15(11-13-20)14-21-18-8-4-2-6-16(18)17-7-3-5-9-19(17)21/h2-9,15H,10-14H2,1H3. The second kappa shape index (κ2) is 5.19. The van der Waals surface area contributed by atoms with E-state index < -0.39 is 0 Å². The Balaban J connectivity index is 1.79. The summed E-state index contributed by atoms with van der Waals surface area (Å²) in [6.07, 6.45) is 2.63. The number of nitrogens with zero attached hydrogens (tertiary/aromatic N) is 2. The molecule has 108 valence electrons. The van der Waals surface area contributed by atoms with Crippen LogP contribution in [0.4, 0.5) is 0 Å². The molecule has 0 saturated carbocycles. The van der Waals surface area contributed by atoms with Gasteiger partial charge in [0.2, 0.25) is 0 Å². The normalized spacial score (nSPS) is 17.8. The lowest BCUT2D eigenvalue weighted by molar-refractivity contribution is 0.207. The highest BCUT2D eigenvalue weighted by atomic mass is 15.1. The largest absolute Gasteiger partial charge is 0.340 e. The molecule has 0 unspecified atom stereocenters. The monoisotopic (exact) mass is 278 g/mol. The van der Waals surface area contributed by atoms with Gasteiger partial charge < -0.3 is 9.47 Å². The van der Waals surface area contributed by atoms with Gasteiger partial charge in [-0.1, -0.05) is 36.4 Å². The van der Waals surface area contributed by atoms with Gasteiger partial charge in [-0.25, -0.2) is 0 Å². The third-order valence-electron chi connectivity index (χ3n) is 4.96. The highest BCUT2D eigenvalue weighted by Gasteiger charge is 2.19. The van der Waals surface area contributed by atoms with Gasteiger partial charge >= 0.3 is 0 Å². The molecule has 4 rings (SSSR count). The molecule has 2 heteroatoms. The molecule has 2 nitrogen and oxygen atoms in total. The van der Waals surface area contributed by atoms with E-state index in [-0.39, 0.29) is 0 Å². The molecule has 21 heavy (non-hydrogen) atoms. The van der Waals surface area contributed by atoms with Crippen LogP contribution in [0.3, 0.4) is 0 Å². The zero-order chi connectivity index (χ0) is 14.2. The first-order chi connectivity index (χ1) is 10.3. The lowest BCUT2D eigenvalue weighted by Gasteiger charge is -2.29. The van der Waals surface area contributed by atoms with Gasteiger partial charge in [-0.15, -0.1) is 0 Å². The quantitative estimate of drug-likeness (QED) is 0.684. The molecular weight excluding hydrogens is 256 g/mol. The van der Waals surface area contributed by atoms with Gasteiger partial charge in [0, 0.05) is 28.4 Å². The number of aromatic nitrogens is 1. The van der Waals surface area contributed by atoms with E-state index in [1.165, 1.54) is 47.7 Å². The number of rotatable bonds is 2. The van der Waals surface area contributed by atoms with Crippen molar-refractivity contribution in [3.63, 3.8) is 0 Å². The van der Waals surface area contributed by atoms with Gasteiger partial charge in [0.15, 0.2) is 0 Å². The second-order valence-electron chi connectivity index (χ2n) is 6.39. The van der Waals surface area contributed by atoms with Crippen molar-refractivity contribution in [1.29, 1.82) is 0 Å².